The molecule has 0 aliphatic carbocycles. The number of H-pyrrole nitrogens is 1. The van der Waals surface area contributed by atoms with Gasteiger partial charge in [-0.1, -0.05) is 18.5 Å². The lowest BCUT2D eigenvalue weighted by Gasteiger charge is -2.05. The second-order valence-corrected chi connectivity index (χ2v) is 3.98. The standard InChI is InChI=1S/C12H13ClN2O2/c1-2-10-11(7-16)14-15-12(10)17-9-5-3-8(13)4-6-9/h3-6,16H,2,7H2,1H3,(H,14,15). The summed E-state index contributed by atoms with van der Waals surface area (Å²) in [5, 5.41) is 16.5. The van der Waals surface area contributed by atoms with E-state index in [-0.39, 0.29) is 6.61 Å². The van der Waals surface area contributed by atoms with Gasteiger partial charge < -0.3 is 9.84 Å². The quantitative estimate of drug-likeness (QED) is 0.880. The largest absolute Gasteiger partial charge is 0.439 e. The zero-order valence-electron chi connectivity index (χ0n) is 9.40. The lowest BCUT2D eigenvalue weighted by molar-refractivity contribution is 0.275. The van der Waals surface area contributed by atoms with E-state index in [0.29, 0.717) is 22.3 Å². The van der Waals surface area contributed by atoms with Gasteiger partial charge in [0.05, 0.1) is 12.3 Å². The molecule has 0 atom stereocenters. The van der Waals surface area contributed by atoms with E-state index >= 15 is 0 Å². The number of aliphatic hydroxyl groups excluding tert-OH is 1. The van der Waals surface area contributed by atoms with Crippen LogP contribution in [0.5, 0.6) is 11.6 Å². The van der Waals surface area contributed by atoms with Gasteiger partial charge in [0, 0.05) is 10.6 Å². The smallest absolute Gasteiger partial charge is 0.218 e. The lowest BCUT2D eigenvalue weighted by atomic mass is 10.2. The van der Waals surface area contributed by atoms with E-state index in [1.165, 1.54) is 0 Å². The first-order valence-electron chi connectivity index (χ1n) is 5.35. The summed E-state index contributed by atoms with van der Waals surface area (Å²) < 4.78 is 5.65. The molecule has 5 heteroatoms. The molecule has 0 saturated heterocycles. The number of aromatic amines is 1. The highest BCUT2D eigenvalue weighted by Gasteiger charge is 2.12. The van der Waals surface area contributed by atoms with Crippen molar-refractivity contribution >= 4 is 11.6 Å². The molecule has 1 aromatic heterocycles. The second-order valence-electron chi connectivity index (χ2n) is 3.55. The van der Waals surface area contributed by atoms with Gasteiger partial charge in [0.15, 0.2) is 0 Å². The first-order valence-corrected chi connectivity index (χ1v) is 5.72. The van der Waals surface area contributed by atoms with Crippen molar-refractivity contribution in [3.8, 4) is 11.6 Å². The molecule has 0 aliphatic heterocycles. The maximum absolute atomic E-state index is 9.11. The molecule has 0 spiro atoms. The molecule has 4 nitrogen and oxygen atoms in total. The minimum absolute atomic E-state index is 0.0936. The topological polar surface area (TPSA) is 58.1 Å². The van der Waals surface area contributed by atoms with Crippen molar-refractivity contribution in [2.75, 3.05) is 0 Å². The molecule has 0 amide bonds. The molecular formula is C12H13ClN2O2. The summed E-state index contributed by atoms with van der Waals surface area (Å²) in [7, 11) is 0. The van der Waals surface area contributed by atoms with E-state index < -0.39 is 0 Å². The van der Waals surface area contributed by atoms with E-state index in [1.54, 1.807) is 24.3 Å². The van der Waals surface area contributed by atoms with Crippen LogP contribution in [0.2, 0.25) is 5.02 Å². The van der Waals surface area contributed by atoms with Crippen LogP contribution in [0.15, 0.2) is 24.3 Å². The van der Waals surface area contributed by atoms with Gasteiger partial charge in [-0.15, -0.1) is 0 Å². The zero-order chi connectivity index (χ0) is 12.3. The third-order valence-corrected chi connectivity index (χ3v) is 2.70. The monoisotopic (exact) mass is 252 g/mol. The van der Waals surface area contributed by atoms with Crippen molar-refractivity contribution in [2.24, 2.45) is 0 Å². The molecule has 0 radical (unpaired) electrons. The minimum atomic E-state index is -0.0936. The van der Waals surface area contributed by atoms with Crippen molar-refractivity contribution in [2.45, 2.75) is 20.0 Å². The number of rotatable bonds is 4. The van der Waals surface area contributed by atoms with Crippen LogP contribution in [0, 0.1) is 0 Å². The number of halogens is 1. The Kier molecular flexibility index (Phi) is 3.66. The van der Waals surface area contributed by atoms with Crippen LogP contribution in [0.3, 0.4) is 0 Å². The molecule has 0 unspecified atom stereocenters. The van der Waals surface area contributed by atoms with Crippen molar-refractivity contribution < 1.29 is 9.84 Å². The summed E-state index contributed by atoms with van der Waals surface area (Å²) in [4.78, 5) is 0. The number of hydrogen-bond donors (Lipinski definition) is 2. The summed E-state index contributed by atoms with van der Waals surface area (Å²) >= 11 is 5.79. The fraction of sp³-hybridized carbons (Fsp3) is 0.250. The predicted octanol–water partition coefficient (Wildman–Crippen LogP) is 2.91. The number of hydrogen-bond acceptors (Lipinski definition) is 3. The average molecular weight is 253 g/mol. The molecular weight excluding hydrogens is 240 g/mol. The van der Waals surface area contributed by atoms with E-state index in [1.807, 2.05) is 6.92 Å². The van der Waals surface area contributed by atoms with Gasteiger partial charge in [-0.05, 0) is 30.7 Å². The number of aromatic nitrogens is 2. The maximum Gasteiger partial charge on any atom is 0.218 e. The van der Waals surface area contributed by atoms with Gasteiger partial charge in [0.25, 0.3) is 0 Å². The Morgan fingerprint density at radius 1 is 1.35 bits per heavy atom. The summed E-state index contributed by atoms with van der Waals surface area (Å²) in [5.74, 6) is 1.25. The van der Waals surface area contributed by atoms with Gasteiger partial charge in [0.2, 0.25) is 5.88 Å². The normalized spacial score (nSPS) is 10.5. The Bertz CT molecular complexity index is 494. The molecule has 90 valence electrons. The lowest BCUT2D eigenvalue weighted by Crippen LogP contribution is -1.91. The van der Waals surface area contributed by atoms with E-state index in [2.05, 4.69) is 10.2 Å². The minimum Gasteiger partial charge on any atom is -0.439 e. The van der Waals surface area contributed by atoms with Crippen LogP contribution in [-0.2, 0) is 13.0 Å². The Balaban J connectivity index is 2.23. The van der Waals surface area contributed by atoms with Gasteiger partial charge in [-0.2, -0.15) is 5.10 Å². The maximum atomic E-state index is 9.11. The van der Waals surface area contributed by atoms with Gasteiger partial charge in [-0.3, -0.25) is 0 Å². The molecule has 0 fully saturated rings. The Morgan fingerprint density at radius 3 is 2.65 bits per heavy atom. The molecule has 2 rings (SSSR count). The number of benzene rings is 1. The molecule has 0 saturated carbocycles. The fourth-order valence-electron chi connectivity index (χ4n) is 1.58. The van der Waals surface area contributed by atoms with E-state index in [9.17, 15) is 0 Å². The molecule has 0 aliphatic rings. The Hall–Kier alpha value is -1.52. The number of aliphatic hydroxyl groups is 1. The average Bonchev–Trinajstić information content (AvgIpc) is 2.74. The van der Waals surface area contributed by atoms with E-state index in [0.717, 1.165) is 12.0 Å². The summed E-state index contributed by atoms with van der Waals surface area (Å²) in [5.41, 5.74) is 1.51. The van der Waals surface area contributed by atoms with Gasteiger partial charge in [-0.25, -0.2) is 5.10 Å². The Labute approximate surface area is 104 Å². The molecule has 2 N–H and O–H groups in total. The number of nitrogens with one attached hydrogen (secondary N) is 1. The van der Waals surface area contributed by atoms with Crippen LogP contribution in [0.4, 0.5) is 0 Å². The third-order valence-electron chi connectivity index (χ3n) is 2.45. The summed E-state index contributed by atoms with van der Waals surface area (Å²) in [6.45, 7) is 1.89. The number of ether oxygens (including phenoxy) is 1. The molecule has 1 aromatic carbocycles. The SMILES string of the molecule is CCc1c(CO)n[nH]c1Oc1ccc(Cl)cc1. The van der Waals surface area contributed by atoms with Crippen LogP contribution >= 0.6 is 11.6 Å². The molecule has 1 heterocycles. The first-order chi connectivity index (χ1) is 8.24. The highest BCUT2D eigenvalue weighted by Crippen LogP contribution is 2.26. The van der Waals surface area contributed by atoms with Crippen molar-refractivity contribution in [3.05, 3.63) is 40.5 Å². The van der Waals surface area contributed by atoms with Crippen molar-refractivity contribution in [1.82, 2.24) is 10.2 Å². The fourth-order valence-corrected chi connectivity index (χ4v) is 1.71. The number of nitrogens with zero attached hydrogens (tertiary/aromatic N) is 1. The highest BCUT2D eigenvalue weighted by atomic mass is 35.5. The van der Waals surface area contributed by atoms with E-state index in [4.69, 9.17) is 21.4 Å². The van der Waals surface area contributed by atoms with Crippen LogP contribution in [0.25, 0.3) is 0 Å². The third kappa shape index (κ3) is 2.60. The van der Waals surface area contributed by atoms with Gasteiger partial charge in [0.1, 0.15) is 5.75 Å². The summed E-state index contributed by atoms with van der Waals surface area (Å²) in [6, 6.07) is 7.07. The second kappa shape index (κ2) is 5.21. The van der Waals surface area contributed by atoms with Crippen LogP contribution in [-0.4, -0.2) is 15.3 Å². The van der Waals surface area contributed by atoms with Gasteiger partial charge >= 0.3 is 0 Å². The predicted molar refractivity (Wildman–Crippen MR) is 65.4 cm³/mol. The molecule has 0 bridgehead atoms. The first kappa shape index (κ1) is 12.0. The van der Waals surface area contributed by atoms with Crippen molar-refractivity contribution in [3.63, 3.8) is 0 Å². The van der Waals surface area contributed by atoms with Crippen molar-refractivity contribution in [1.29, 1.82) is 0 Å². The molecule has 17 heavy (non-hydrogen) atoms. The van der Waals surface area contributed by atoms with Crippen LogP contribution < -0.4 is 4.74 Å². The summed E-state index contributed by atoms with van der Waals surface area (Å²) in [6.07, 6.45) is 0.745. The highest BCUT2D eigenvalue weighted by molar-refractivity contribution is 6.30. The Morgan fingerprint density at radius 2 is 2.06 bits per heavy atom. The molecule has 2 aromatic rings. The van der Waals surface area contributed by atoms with Crippen LogP contribution in [0.1, 0.15) is 18.2 Å². The zero-order valence-corrected chi connectivity index (χ0v) is 10.2.